The molecule has 0 spiro atoms. The molecule has 4 saturated carbocycles. The van der Waals surface area contributed by atoms with Crippen LogP contribution in [-0.2, 0) is 52.2 Å². The van der Waals surface area contributed by atoms with Crippen LogP contribution in [0.1, 0.15) is 86.0 Å². The van der Waals surface area contributed by atoms with Gasteiger partial charge in [0.1, 0.15) is 96.3 Å². The summed E-state index contributed by atoms with van der Waals surface area (Å²) >= 11 is 0. The Labute approximate surface area is 433 Å². The minimum Gasteiger partial charge on any atom is -0.459 e. The highest BCUT2D eigenvalue weighted by atomic mass is 16.8. The van der Waals surface area contributed by atoms with Crippen LogP contribution in [-0.4, -0.2) is 234 Å². The number of hydrogen-bond acceptors (Lipinski definition) is 24. The summed E-state index contributed by atoms with van der Waals surface area (Å²) in [6.45, 7) is 7.95. The van der Waals surface area contributed by atoms with Crippen LogP contribution in [0.2, 0.25) is 0 Å². The Balaban J connectivity index is 0.899. The van der Waals surface area contributed by atoms with Crippen molar-refractivity contribution < 1.29 is 119 Å². The number of aliphatic hydroxyl groups is 13. The molecule has 9 fully saturated rings. The normalized spacial score (nSPS) is 55.3. The van der Waals surface area contributed by atoms with E-state index < -0.39 is 200 Å². The second kappa shape index (κ2) is 19.8. The zero-order valence-electron chi connectivity index (χ0n) is 42.9. The Morgan fingerprint density at radius 1 is 0.667 bits per heavy atom. The Morgan fingerprint density at radius 3 is 2.00 bits per heavy atom. The van der Waals surface area contributed by atoms with Crippen LogP contribution in [0.3, 0.4) is 0 Å². The predicted molar refractivity (Wildman–Crippen MR) is 247 cm³/mol. The largest absolute Gasteiger partial charge is 0.459 e. The lowest BCUT2D eigenvalue weighted by atomic mass is 9.33. The van der Waals surface area contributed by atoms with E-state index in [1.54, 1.807) is 0 Å². The quantitative estimate of drug-likeness (QED) is 0.0570. The van der Waals surface area contributed by atoms with E-state index in [1.807, 2.05) is 0 Å². The second-order valence-electron chi connectivity index (χ2n) is 24.9. The first kappa shape index (κ1) is 56.2. The molecule has 13 N–H and O–H groups in total. The van der Waals surface area contributed by atoms with Crippen LogP contribution in [0, 0.1) is 50.2 Å². The molecule has 0 aromatic heterocycles. The first-order valence-corrected chi connectivity index (χ1v) is 26.5. The van der Waals surface area contributed by atoms with Crippen molar-refractivity contribution in [1.29, 1.82) is 0 Å². The molecule has 28 atom stereocenters. The Kier molecular flexibility index (Phi) is 14.9. The Morgan fingerprint density at radius 2 is 1.31 bits per heavy atom. The van der Waals surface area contributed by atoms with Gasteiger partial charge in [-0.05, 0) is 90.8 Å². The van der Waals surface area contributed by atoms with Crippen molar-refractivity contribution >= 4 is 11.9 Å². The highest BCUT2D eigenvalue weighted by Crippen LogP contribution is 2.77. The molecule has 24 nitrogen and oxygen atoms in total. The zero-order valence-corrected chi connectivity index (χ0v) is 42.9. The summed E-state index contributed by atoms with van der Waals surface area (Å²) < 4.78 is 52.7. The van der Waals surface area contributed by atoms with Crippen LogP contribution in [0.15, 0.2) is 11.6 Å². The Bertz CT molecular complexity index is 2160. The highest BCUT2D eigenvalue weighted by molar-refractivity contribution is 5.82. The summed E-state index contributed by atoms with van der Waals surface area (Å²) in [5, 5.41) is 141. The second-order valence-corrected chi connectivity index (χ2v) is 24.9. The summed E-state index contributed by atoms with van der Waals surface area (Å²) in [6, 6.07) is 0. The molecule has 0 aromatic rings. The fourth-order valence-corrected chi connectivity index (χ4v) is 16.1. The summed E-state index contributed by atoms with van der Waals surface area (Å²) in [7, 11) is 0. The van der Waals surface area contributed by atoms with Crippen LogP contribution in [0.5, 0.6) is 0 Å². The van der Waals surface area contributed by atoms with Crippen molar-refractivity contribution in [3.8, 4) is 0 Å². The van der Waals surface area contributed by atoms with E-state index in [0.717, 1.165) is 5.57 Å². The third-order valence-electron chi connectivity index (χ3n) is 20.6. The number of hydrogen-bond donors (Lipinski definition) is 13. The van der Waals surface area contributed by atoms with E-state index in [-0.39, 0.29) is 30.8 Å². The lowest BCUT2D eigenvalue weighted by Gasteiger charge is -2.71. The van der Waals surface area contributed by atoms with E-state index in [0.29, 0.717) is 38.5 Å². The van der Waals surface area contributed by atoms with Crippen molar-refractivity contribution in [3.05, 3.63) is 11.6 Å². The van der Waals surface area contributed by atoms with E-state index in [1.165, 1.54) is 0 Å². The van der Waals surface area contributed by atoms with Crippen LogP contribution in [0.25, 0.3) is 0 Å². The lowest BCUT2D eigenvalue weighted by Crippen LogP contribution is -2.70. The maximum absolute atomic E-state index is 15.3. The van der Waals surface area contributed by atoms with Gasteiger partial charge in [-0.1, -0.05) is 46.3 Å². The van der Waals surface area contributed by atoms with Crippen molar-refractivity contribution in [3.63, 3.8) is 0 Å². The van der Waals surface area contributed by atoms with Gasteiger partial charge in [-0.2, -0.15) is 0 Å². The summed E-state index contributed by atoms with van der Waals surface area (Å²) in [4.78, 5) is 29.5. The third-order valence-corrected chi connectivity index (χ3v) is 20.6. The molecule has 5 aliphatic carbocycles. The molecule has 10 aliphatic rings. The number of ether oxygens (including phenoxy) is 9. The van der Waals surface area contributed by atoms with Crippen LogP contribution in [0.4, 0.5) is 0 Å². The van der Waals surface area contributed by atoms with E-state index in [4.69, 9.17) is 42.6 Å². The molecule has 75 heavy (non-hydrogen) atoms. The number of allylic oxidation sites excluding steroid dienone is 2. The minimum absolute atomic E-state index is 0.129. The van der Waals surface area contributed by atoms with Crippen molar-refractivity contribution in [2.45, 2.75) is 209 Å². The maximum Gasteiger partial charge on any atom is 0.317 e. The number of aliphatic hydroxyl groups excluding tert-OH is 13. The van der Waals surface area contributed by atoms with Gasteiger partial charge in [0.25, 0.3) is 0 Å². The fraction of sp³-hybridized carbons (Fsp3) is 0.922. The minimum atomic E-state index is -1.89. The molecule has 2 bridgehead atoms. The van der Waals surface area contributed by atoms with Gasteiger partial charge in [0, 0.05) is 0 Å². The van der Waals surface area contributed by atoms with Crippen molar-refractivity contribution in [1.82, 2.24) is 0 Å². The molecule has 0 radical (unpaired) electrons. The molecule has 0 aromatic carbocycles. The van der Waals surface area contributed by atoms with Gasteiger partial charge in [-0.15, -0.1) is 0 Å². The average molecular weight is 1080 g/mol. The lowest BCUT2D eigenvalue weighted by molar-refractivity contribution is -0.356. The summed E-state index contributed by atoms with van der Waals surface area (Å²) in [5.41, 5.74) is -4.45. The fourth-order valence-electron chi connectivity index (χ4n) is 16.1. The molecular weight excluding hydrogens is 997 g/mol. The number of esters is 2. The molecule has 5 heterocycles. The van der Waals surface area contributed by atoms with Crippen molar-refractivity contribution in [2.75, 3.05) is 33.0 Å². The molecule has 0 unspecified atom stereocenters. The summed E-state index contributed by atoms with van der Waals surface area (Å²) in [5.74, 6) is -2.73. The van der Waals surface area contributed by atoms with Gasteiger partial charge in [0.15, 0.2) is 25.0 Å². The van der Waals surface area contributed by atoms with Crippen molar-refractivity contribution in [2.24, 2.45) is 50.2 Å². The number of rotatable bonds is 10. The molecular formula is C51H78O24. The third kappa shape index (κ3) is 8.44. The van der Waals surface area contributed by atoms with E-state index in [9.17, 15) is 71.2 Å². The van der Waals surface area contributed by atoms with Gasteiger partial charge >= 0.3 is 11.9 Å². The van der Waals surface area contributed by atoms with Gasteiger partial charge < -0.3 is 109 Å². The maximum atomic E-state index is 15.3. The van der Waals surface area contributed by atoms with Gasteiger partial charge in [0.2, 0.25) is 6.29 Å². The zero-order chi connectivity index (χ0) is 54.3. The molecule has 426 valence electrons. The number of carbonyl (C=O) groups excluding carboxylic acids is 2. The SMILES string of the molecule is CC1(C)CC[C@]2(C(=O)O[C@@H]3OC[C@H](O)[C@H](O)[C@H]3O[C@@H]3OC[C@H](O[C@@H]4OC[C@@H](O)[C@H](O)[C@@H]4O)[C@H](O)[C@H]3O)[C@H](O)C[C@]3(C)C(=CC[C@@H]4[C@@]5(C)C[C@@H]6OC(=O)[C@](CO)([C@@H]5CC[C@]43C)[C@H]6O[C@@H]3O[C@H](CO)[C@@H](O)[C@H](O)[C@H]3O)[C@@H]2C1. The van der Waals surface area contributed by atoms with Gasteiger partial charge in [-0.25, -0.2) is 0 Å². The Hall–Kier alpha value is -2.12. The number of fused-ring (bicyclic) bond motifs is 10. The van der Waals surface area contributed by atoms with Crippen LogP contribution >= 0.6 is 0 Å². The monoisotopic (exact) mass is 1070 g/mol. The standard InChI is InChI=1S/C51H78O24/c1-46(2)10-11-50(44(65)75-43-38(31(58)23(55)17-68-43)73-41-36(63)33(60)26(18-69-41)71-40-35(62)30(57)22(54)16-67-40)21(12-46)20-6-7-27-47(3)13-24-39(74-42-37(64)34(61)32(59)25(15-52)70-42)51(19-53,45(66)72-24)28(47)8-9-48(27,4)49(20,5)14-29(50)56/h6,21-43,52-64H,7-19H2,1-5H3/t21-,22+,23-,24-,25+,26-,27+,28+,29+,30-,31-,32+,33-,34-,35-,36+,37+,38+,39-,40-,41-,42-,43-,47+,48+,49+,50+,51+/m0/s1. The number of carbonyl (C=O) groups is 2. The van der Waals surface area contributed by atoms with E-state index in [2.05, 4.69) is 40.7 Å². The molecule has 0 amide bonds. The topological polar surface area (TPSA) is 380 Å². The smallest absolute Gasteiger partial charge is 0.317 e. The highest BCUT2D eigenvalue weighted by Gasteiger charge is 2.77. The first-order valence-electron chi connectivity index (χ1n) is 26.5. The summed E-state index contributed by atoms with van der Waals surface area (Å²) in [6.07, 6.45) is -25.6. The average Bonchev–Trinajstić information content (AvgIpc) is 3.69. The van der Waals surface area contributed by atoms with Gasteiger partial charge in [0.05, 0.1) is 39.1 Å². The first-order chi connectivity index (χ1) is 35.2. The van der Waals surface area contributed by atoms with Gasteiger partial charge in [-0.3, -0.25) is 9.59 Å². The molecule has 5 saturated heterocycles. The predicted octanol–water partition coefficient (Wildman–Crippen LogP) is -3.66. The molecule has 24 heteroatoms. The molecule has 10 rings (SSSR count). The van der Waals surface area contributed by atoms with Crippen LogP contribution < -0.4 is 0 Å². The molecule has 5 aliphatic heterocycles. The van der Waals surface area contributed by atoms with E-state index >= 15 is 4.79 Å².